The lowest BCUT2D eigenvalue weighted by atomic mass is 10.0. The third-order valence-corrected chi connectivity index (χ3v) is 2.99. The molecule has 1 aromatic carbocycles. The van der Waals surface area contributed by atoms with Crippen molar-refractivity contribution in [3.05, 3.63) is 35.9 Å². The monoisotopic (exact) mass is 315 g/mol. The number of carbonyl (C=O) groups excluding carboxylic acids is 1. The van der Waals surface area contributed by atoms with Gasteiger partial charge in [-0.05, 0) is 5.56 Å². The van der Waals surface area contributed by atoms with Gasteiger partial charge in [0.1, 0.15) is 24.9 Å². The van der Waals surface area contributed by atoms with Gasteiger partial charge >= 0.3 is 6.09 Å². The highest BCUT2D eigenvalue weighted by Crippen LogP contribution is 2.05. The van der Waals surface area contributed by atoms with Crippen LogP contribution in [0.5, 0.6) is 0 Å². The van der Waals surface area contributed by atoms with Crippen LogP contribution in [0.25, 0.3) is 0 Å². The number of rotatable bonds is 8. The number of benzene rings is 1. The van der Waals surface area contributed by atoms with Gasteiger partial charge in [0.15, 0.2) is 0 Å². The first kappa shape index (κ1) is 18.3. The van der Waals surface area contributed by atoms with Gasteiger partial charge in [0.25, 0.3) is 0 Å². The van der Waals surface area contributed by atoms with Crippen molar-refractivity contribution in [2.75, 3.05) is 13.2 Å². The van der Waals surface area contributed by atoms with Gasteiger partial charge in [0, 0.05) is 6.54 Å². The van der Waals surface area contributed by atoms with Crippen LogP contribution in [-0.4, -0.2) is 69.2 Å². The van der Waals surface area contributed by atoms with Crippen molar-refractivity contribution >= 4 is 6.09 Å². The molecule has 0 aliphatic rings. The Morgan fingerprint density at radius 3 is 2.23 bits per heavy atom. The van der Waals surface area contributed by atoms with Crippen LogP contribution in [0.4, 0.5) is 4.79 Å². The summed E-state index contributed by atoms with van der Waals surface area (Å²) in [5, 5.41) is 48.6. The van der Waals surface area contributed by atoms with Gasteiger partial charge in [0.05, 0.1) is 12.7 Å². The summed E-state index contributed by atoms with van der Waals surface area (Å²) in [6.45, 7) is -1.10. The van der Waals surface area contributed by atoms with Crippen LogP contribution in [0.3, 0.4) is 0 Å². The summed E-state index contributed by atoms with van der Waals surface area (Å²) in [4.78, 5) is 11.4. The normalized spacial score (nSPS) is 16.4. The maximum absolute atomic E-state index is 11.4. The predicted octanol–water partition coefficient (Wildman–Crippen LogP) is -1.65. The number of alkyl carbamates (subject to hydrolysis) is 1. The van der Waals surface area contributed by atoms with Crippen molar-refractivity contribution in [2.24, 2.45) is 0 Å². The van der Waals surface area contributed by atoms with Crippen LogP contribution in [0.15, 0.2) is 30.3 Å². The molecule has 6 N–H and O–H groups in total. The Hall–Kier alpha value is -1.71. The molecule has 1 aromatic rings. The number of nitrogens with one attached hydrogen (secondary N) is 1. The molecule has 8 nitrogen and oxygen atoms in total. The zero-order valence-corrected chi connectivity index (χ0v) is 11.9. The molecule has 1 amide bonds. The van der Waals surface area contributed by atoms with Gasteiger partial charge in [-0.15, -0.1) is 0 Å². The molecule has 0 unspecified atom stereocenters. The van der Waals surface area contributed by atoms with Gasteiger partial charge in [-0.2, -0.15) is 0 Å². The molecular weight excluding hydrogens is 294 g/mol. The Morgan fingerprint density at radius 1 is 1.05 bits per heavy atom. The summed E-state index contributed by atoms with van der Waals surface area (Å²) in [6.07, 6.45) is -7.37. The number of hydrogen-bond acceptors (Lipinski definition) is 7. The van der Waals surface area contributed by atoms with Gasteiger partial charge in [-0.3, -0.25) is 0 Å². The molecule has 8 heteroatoms. The van der Waals surface area contributed by atoms with E-state index < -0.39 is 37.1 Å². The average molecular weight is 315 g/mol. The minimum Gasteiger partial charge on any atom is -0.445 e. The predicted molar refractivity (Wildman–Crippen MR) is 75.7 cm³/mol. The molecule has 0 aromatic heterocycles. The highest BCUT2D eigenvalue weighted by atomic mass is 16.5. The second kappa shape index (κ2) is 9.34. The van der Waals surface area contributed by atoms with E-state index in [0.717, 1.165) is 5.56 Å². The van der Waals surface area contributed by atoms with E-state index in [1.165, 1.54) is 0 Å². The van der Waals surface area contributed by atoms with Gasteiger partial charge in [-0.25, -0.2) is 4.79 Å². The van der Waals surface area contributed by atoms with Gasteiger partial charge in [0.2, 0.25) is 0 Å². The van der Waals surface area contributed by atoms with Crippen molar-refractivity contribution in [2.45, 2.75) is 31.0 Å². The molecule has 124 valence electrons. The molecule has 4 atom stereocenters. The Balaban J connectivity index is 2.31. The standard InChI is InChI=1S/C14H21NO7/c16-7-11(18)13(20)12(19)10(17)6-15-14(21)22-8-9-4-2-1-3-5-9/h1-5,10-13,16-20H,6-8H2,(H,15,21)/t10-,11+,12+,13+/m0/s1. The topological polar surface area (TPSA) is 139 Å². The van der Waals surface area contributed by atoms with Crippen molar-refractivity contribution in [1.82, 2.24) is 5.32 Å². The molecule has 0 spiro atoms. The van der Waals surface area contributed by atoms with Crippen LogP contribution in [-0.2, 0) is 11.3 Å². The van der Waals surface area contributed by atoms with Gasteiger partial charge < -0.3 is 35.6 Å². The third kappa shape index (κ3) is 5.96. The Labute approximate surface area is 127 Å². The van der Waals surface area contributed by atoms with Crippen LogP contribution < -0.4 is 5.32 Å². The molecule has 0 aliphatic heterocycles. The molecule has 1 rings (SSSR count). The third-order valence-electron chi connectivity index (χ3n) is 2.99. The quantitative estimate of drug-likeness (QED) is 0.338. The first-order valence-corrected chi connectivity index (χ1v) is 6.73. The molecule has 0 saturated heterocycles. The summed E-state index contributed by atoms with van der Waals surface area (Å²) in [6, 6.07) is 8.97. The number of hydrogen-bond donors (Lipinski definition) is 6. The van der Waals surface area contributed by atoms with Crippen molar-refractivity contribution < 1.29 is 35.1 Å². The fraction of sp³-hybridized carbons (Fsp3) is 0.500. The molecule has 0 bridgehead atoms. The van der Waals surface area contributed by atoms with Crippen LogP contribution in [0.2, 0.25) is 0 Å². The van der Waals surface area contributed by atoms with Crippen molar-refractivity contribution in [1.29, 1.82) is 0 Å². The minimum atomic E-state index is -1.73. The molecule has 0 saturated carbocycles. The lowest BCUT2D eigenvalue weighted by molar-refractivity contribution is -0.113. The first-order chi connectivity index (χ1) is 10.5. The summed E-state index contributed by atoms with van der Waals surface area (Å²) < 4.78 is 4.89. The molecular formula is C14H21NO7. The maximum atomic E-state index is 11.4. The van der Waals surface area contributed by atoms with Crippen molar-refractivity contribution in [3.8, 4) is 0 Å². The molecule has 0 radical (unpaired) electrons. The van der Waals surface area contributed by atoms with E-state index in [4.69, 9.17) is 14.9 Å². The van der Waals surface area contributed by atoms with E-state index in [9.17, 15) is 20.1 Å². The zero-order valence-electron chi connectivity index (χ0n) is 11.9. The highest BCUT2D eigenvalue weighted by molar-refractivity contribution is 5.67. The second-order valence-corrected chi connectivity index (χ2v) is 4.74. The van der Waals surface area contributed by atoms with E-state index in [2.05, 4.69) is 5.32 Å². The fourth-order valence-electron chi connectivity index (χ4n) is 1.65. The number of amides is 1. The lowest BCUT2D eigenvalue weighted by Gasteiger charge is -2.25. The van der Waals surface area contributed by atoms with E-state index in [-0.39, 0.29) is 13.2 Å². The number of carbonyl (C=O) groups is 1. The Bertz CT molecular complexity index is 442. The summed E-state index contributed by atoms with van der Waals surface area (Å²) in [7, 11) is 0. The zero-order chi connectivity index (χ0) is 16.5. The lowest BCUT2D eigenvalue weighted by Crippen LogP contribution is -2.49. The average Bonchev–Trinajstić information content (AvgIpc) is 2.56. The van der Waals surface area contributed by atoms with Crippen molar-refractivity contribution in [3.63, 3.8) is 0 Å². The molecule has 0 fully saturated rings. The van der Waals surface area contributed by atoms with E-state index >= 15 is 0 Å². The van der Waals surface area contributed by atoms with Gasteiger partial charge in [-0.1, -0.05) is 30.3 Å². The van der Waals surface area contributed by atoms with E-state index in [0.29, 0.717) is 0 Å². The number of ether oxygens (including phenoxy) is 1. The van der Waals surface area contributed by atoms with Crippen LogP contribution in [0.1, 0.15) is 5.56 Å². The molecule has 0 heterocycles. The first-order valence-electron chi connectivity index (χ1n) is 6.73. The Morgan fingerprint density at radius 2 is 1.64 bits per heavy atom. The number of aliphatic hydroxyl groups excluding tert-OH is 5. The molecule has 22 heavy (non-hydrogen) atoms. The van der Waals surface area contributed by atoms with E-state index in [1.807, 2.05) is 6.07 Å². The highest BCUT2D eigenvalue weighted by Gasteiger charge is 2.30. The summed E-state index contributed by atoms with van der Waals surface area (Å²) in [5.74, 6) is 0. The maximum Gasteiger partial charge on any atom is 0.407 e. The second-order valence-electron chi connectivity index (χ2n) is 4.74. The van der Waals surface area contributed by atoms with Crippen LogP contribution >= 0.6 is 0 Å². The minimum absolute atomic E-state index is 0.0528. The summed E-state index contributed by atoms with van der Waals surface area (Å²) >= 11 is 0. The van der Waals surface area contributed by atoms with E-state index in [1.54, 1.807) is 24.3 Å². The fourth-order valence-corrected chi connectivity index (χ4v) is 1.65. The number of aliphatic hydroxyl groups is 5. The summed E-state index contributed by atoms with van der Waals surface area (Å²) in [5.41, 5.74) is 0.791. The molecule has 0 aliphatic carbocycles. The smallest absolute Gasteiger partial charge is 0.407 e. The Kier molecular flexibility index (Phi) is 7.78. The largest absolute Gasteiger partial charge is 0.445 e. The SMILES string of the molecule is O=C(NC[C@H](O)[C@@H](O)[C@H](O)[C@H](O)CO)OCc1ccccc1. The van der Waals surface area contributed by atoms with Crippen LogP contribution in [0, 0.1) is 0 Å².